The molecule has 3 aliphatic heterocycles. The highest BCUT2D eigenvalue weighted by atomic mass is 32.1. The Balaban J connectivity index is 1.87. The molecule has 142 valence electrons. The Bertz CT molecular complexity index is 920. The second-order valence-corrected chi connectivity index (χ2v) is 7.61. The molecule has 0 bridgehead atoms. The van der Waals surface area contributed by atoms with Gasteiger partial charge in [0, 0.05) is 12.6 Å². The maximum atomic E-state index is 14.4. The van der Waals surface area contributed by atoms with Crippen LogP contribution in [-0.2, 0) is 24.7 Å². The van der Waals surface area contributed by atoms with Gasteiger partial charge >= 0.3 is 6.09 Å². The maximum Gasteiger partial charge on any atom is 0.417 e. The van der Waals surface area contributed by atoms with Gasteiger partial charge < -0.3 is 19.7 Å². The fourth-order valence-electron chi connectivity index (χ4n) is 3.82. The summed E-state index contributed by atoms with van der Waals surface area (Å²) in [4.78, 5) is 40.6. The van der Waals surface area contributed by atoms with Gasteiger partial charge in [0.15, 0.2) is 6.04 Å². The van der Waals surface area contributed by atoms with Gasteiger partial charge in [-0.25, -0.2) is 14.1 Å². The number of ether oxygens (including phenoxy) is 2. The van der Waals surface area contributed by atoms with Gasteiger partial charge in [0.2, 0.25) is 5.60 Å². The van der Waals surface area contributed by atoms with Crippen molar-refractivity contribution in [3.05, 3.63) is 29.6 Å². The first-order valence-corrected chi connectivity index (χ1v) is 8.59. The van der Waals surface area contributed by atoms with E-state index in [0.717, 1.165) is 9.80 Å². The number of amides is 3. The van der Waals surface area contributed by atoms with Gasteiger partial charge in [-0.3, -0.25) is 9.59 Å². The molecule has 0 aromatic heterocycles. The van der Waals surface area contributed by atoms with E-state index in [1.807, 2.05) is 0 Å². The molecule has 3 heterocycles. The van der Waals surface area contributed by atoms with Crippen molar-refractivity contribution in [2.24, 2.45) is 0 Å². The van der Waals surface area contributed by atoms with E-state index in [0.29, 0.717) is 0 Å². The highest BCUT2D eigenvalue weighted by Gasteiger charge is 2.66. The second kappa shape index (κ2) is 5.38. The molecular formula is C17H16FN3O5S. The molecule has 0 saturated carbocycles. The van der Waals surface area contributed by atoms with Crippen molar-refractivity contribution >= 4 is 41.0 Å². The van der Waals surface area contributed by atoms with Crippen molar-refractivity contribution in [1.29, 1.82) is 0 Å². The van der Waals surface area contributed by atoms with Crippen molar-refractivity contribution in [2.75, 3.05) is 18.6 Å². The molecule has 1 spiro atoms. The zero-order valence-electron chi connectivity index (χ0n) is 14.7. The average molecular weight is 393 g/mol. The smallest absolute Gasteiger partial charge is 0.417 e. The number of imide groups is 1. The molecule has 0 unspecified atom stereocenters. The van der Waals surface area contributed by atoms with Crippen LogP contribution >= 0.6 is 12.2 Å². The van der Waals surface area contributed by atoms with E-state index in [4.69, 9.17) is 21.7 Å². The lowest BCUT2D eigenvalue weighted by Gasteiger charge is -2.32. The van der Waals surface area contributed by atoms with E-state index in [1.54, 1.807) is 13.8 Å². The monoisotopic (exact) mass is 393 g/mol. The molecule has 2 fully saturated rings. The number of fused-ring (bicyclic) bond motifs is 2. The molecule has 3 amide bonds. The van der Waals surface area contributed by atoms with E-state index in [2.05, 4.69) is 5.32 Å². The van der Waals surface area contributed by atoms with Crippen LogP contribution in [-0.4, -0.2) is 53.2 Å². The number of cyclic esters (lactones) is 1. The summed E-state index contributed by atoms with van der Waals surface area (Å²) in [5.74, 6) is -2.02. The fourth-order valence-corrected chi connectivity index (χ4v) is 4.07. The fraction of sp³-hybridized carbons (Fsp3) is 0.412. The maximum absolute atomic E-state index is 14.4. The van der Waals surface area contributed by atoms with Crippen molar-refractivity contribution in [2.45, 2.75) is 31.0 Å². The first kappa shape index (κ1) is 17.7. The van der Waals surface area contributed by atoms with E-state index < -0.39 is 40.9 Å². The minimum atomic E-state index is -1.89. The molecule has 0 aliphatic carbocycles. The molecule has 1 aromatic carbocycles. The third-order valence-electron chi connectivity index (χ3n) is 5.07. The highest BCUT2D eigenvalue weighted by Crippen LogP contribution is 2.48. The standard InChI is InChI=1S/C17H16FN3O5S/c1-16(2)7-25-15(24)21(16)12(22)11-17(26-14(27)19-11)8-5-4-6-9(18)10(8)20(3)13(17)23/h4-6,11H,7H2,1-3H3,(H,19,27)/t11-,17-/m0/s1. The molecule has 2 saturated heterocycles. The summed E-state index contributed by atoms with van der Waals surface area (Å²) in [6, 6.07) is 2.79. The quantitative estimate of drug-likeness (QED) is 0.713. The summed E-state index contributed by atoms with van der Waals surface area (Å²) in [6.45, 7) is 3.33. The molecule has 1 aromatic rings. The van der Waals surface area contributed by atoms with Gasteiger partial charge in [0.1, 0.15) is 12.4 Å². The number of carbonyl (C=O) groups is 3. The van der Waals surface area contributed by atoms with Gasteiger partial charge in [0.05, 0.1) is 11.2 Å². The number of nitrogens with one attached hydrogen (secondary N) is 1. The predicted octanol–water partition coefficient (Wildman–Crippen LogP) is 1.03. The summed E-state index contributed by atoms with van der Waals surface area (Å²) >= 11 is 5.05. The van der Waals surface area contributed by atoms with Crippen molar-refractivity contribution < 1.29 is 28.2 Å². The molecule has 3 aliphatic rings. The summed E-state index contributed by atoms with van der Waals surface area (Å²) in [5.41, 5.74) is -2.63. The minimum Gasteiger partial charge on any atom is -0.447 e. The van der Waals surface area contributed by atoms with Gasteiger partial charge in [-0.15, -0.1) is 0 Å². The Morgan fingerprint density at radius 3 is 2.70 bits per heavy atom. The van der Waals surface area contributed by atoms with Crippen LogP contribution in [0.4, 0.5) is 14.9 Å². The molecule has 1 N–H and O–H groups in total. The molecule has 27 heavy (non-hydrogen) atoms. The van der Waals surface area contributed by atoms with Crippen LogP contribution in [0, 0.1) is 5.82 Å². The van der Waals surface area contributed by atoms with Gasteiger partial charge in [-0.1, -0.05) is 12.1 Å². The van der Waals surface area contributed by atoms with Crippen LogP contribution in [0.5, 0.6) is 0 Å². The Morgan fingerprint density at radius 2 is 2.07 bits per heavy atom. The van der Waals surface area contributed by atoms with E-state index in [-0.39, 0.29) is 23.0 Å². The van der Waals surface area contributed by atoms with E-state index in [1.165, 1.54) is 25.2 Å². The third-order valence-corrected chi connectivity index (χ3v) is 5.27. The van der Waals surface area contributed by atoms with Crippen LogP contribution in [0.25, 0.3) is 0 Å². The SMILES string of the molecule is CN1C(=O)[C@]2(OC(=S)N[C@H]2C(=O)N2C(=O)OCC2(C)C)c2cccc(F)c21. The molecule has 2 atom stereocenters. The Morgan fingerprint density at radius 1 is 1.37 bits per heavy atom. The Kier molecular flexibility index (Phi) is 3.52. The zero-order chi connectivity index (χ0) is 19.7. The molecule has 0 radical (unpaired) electrons. The number of benzene rings is 1. The van der Waals surface area contributed by atoms with Crippen LogP contribution in [0.2, 0.25) is 0 Å². The van der Waals surface area contributed by atoms with Crippen molar-refractivity contribution in [3.8, 4) is 0 Å². The van der Waals surface area contributed by atoms with E-state index >= 15 is 0 Å². The number of thiocarbonyl (C=S) groups is 1. The van der Waals surface area contributed by atoms with Crippen LogP contribution in [0.3, 0.4) is 0 Å². The number of halogens is 1. The highest BCUT2D eigenvalue weighted by molar-refractivity contribution is 7.80. The lowest BCUT2D eigenvalue weighted by molar-refractivity contribution is -0.145. The van der Waals surface area contributed by atoms with Crippen LogP contribution < -0.4 is 10.2 Å². The number of carbonyl (C=O) groups excluding carboxylic acids is 3. The molecule has 10 heteroatoms. The Labute approximate surface area is 159 Å². The first-order valence-electron chi connectivity index (χ1n) is 8.19. The predicted molar refractivity (Wildman–Crippen MR) is 94.4 cm³/mol. The summed E-state index contributed by atoms with van der Waals surface area (Å²) in [6.07, 6.45) is -0.821. The largest absolute Gasteiger partial charge is 0.447 e. The zero-order valence-corrected chi connectivity index (χ0v) is 15.6. The van der Waals surface area contributed by atoms with Gasteiger partial charge in [-0.2, -0.15) is 0 Å². The first-order chi connectivity index (χ1) is 12.6. The van der Waals surface area contributed by atoms with Crippen LogP contribution in [0.15, 0.2) is 18.2 Å². The number of rotatable bonds is 1. The molecule has 8 nitrogen and oxygen atoms in total. The number of para-hydroxylation sites is 1. The summed E-state index contributed by atoms with van der Waals surface area (Å²) in [7, 11) is 1.39. The van der Waals surface area contributed by atoms with Crippen molar-refractivity contribution in [3.63, 3.8) is 0 Å². The topological polar surface area (TPSA) is 88.2 Å². The van der Waals surface area contributed by atoms with Gasteiger partial charge in [-0.05, 0) is 32.1 Å². The summed E-state index contributed by atoms with van der Waals surface area (Å²) < 4.78 is 25.0. The molecular weight excluding hydrogens is 377 g/mol. The third kappa shape index (κ3) is 2.13. The molecule has 4 rings (SSSR count). The normalized spacial score (nSPS) is 28.3. The number of hydrogen-bond acceptors (Lipinski definition) is 6. The Hall–Kier alpha value is -2.75. The van der Waals surface area contributed by atoms with Crippen LogP contribution in [0.1, 0.15) is 19.4 Å². The minimum absolute atomic E-state index is 0.00931. The lowest BCUT2D eigenvalue weighted by Crippen LogP contribution is -2.60. The number of likely N-dealkylation sites (N-methyl/N-ethyl adjacent to an activating group) is 1. The second-order valence-electron chi connectivity index (χ2n) is 7.24. The van der Waals surface area contributed by atoms with Crippen molar-refractivity contribution in [1.82, 2.24) is 10.2 Å². The number of nitrogens with zero attached hydrogens (tertiary/aromatic N) is 2. The van der Waals surface area contributed by atoms with E-state index in [9.17, 15) is 18.8 Å². The number of hydrogen-bond donors (Lipinski definition) is 1. The number of anilines is 1. The van der Waals surface area contributed by atoms with Gasteiger partial charge in [0.25, 0.3) is 17.0 Å². The average Bonchev–Trinajstić information content (AvgIpc) is 3.16. The lowest BCUT2D eigenvalue weighted by atomic mass is 9.86. The summed E-state index contributed by atoms with van der Waals surface area (Å²) in [5, 5.41) is 2.49.